The standard InChI is InChI=1S/C14H17NO5S/c1-11(14(17)20-2)15-21(18,19)13-9-4-3-7-12(13)8-5-6-10-16/h3-4,7,9,11,15-16H,6,10H2,1-2H3. The first-order valence-corrected chi connectivity index (χ1v) is 7.69. The molecule has 6 nitrogen and oxygen atoms in total. The van der Waals surface area contributed by atoms with Crippen LogP contribution in [0.5, 0.6) is 0 Å². The van der Waals surface area contributed by atoms with E-state index in [0.29, 0.717) is 5.56 Å². The fraction of sp³-hybridized carbons (Fsp3) is 0.357. The monoisotopic (exact) mass is 311 g/mol. The van der Waals surface area contributed by atoms with E-state index < -0.39 is 22.0 Å². The summed E-state index contributed by atoms with van der Waals surface area (Å²) in [5.41, 5.74) is 0.301. The molecule has 1 atom stereocenters. The molecule has 2 N–H and O–H groups in total. The molecule has 0 amide bonds. The maximum absolute atomic E-state index is 12.3. The van der Waals surface area contributed by atoms with E-state index in [0.717, 1.165) is 0 Å². The Morgan fingerprint density at radius 1 is 1.43 bits per heavy atom. The molecule has 0 saturated heterocycles. The van der Waals surface area contributed by atoms with E-state index in [1.807, 2.05) is 0 Å². The van der Waals surface area contributed by atoms with Gasteiger partial charge in [-0.15, -0.1) is 0 Å². The summed E-state index contributed by atoms with van der Waals surface area (Å²) in [6.07, 6.45) is 0.250. The number of carbonyl (C=O) groups is 1. The van der Waals surface area contributed by atoms with Crippen molar-refractivity contribution in [3.05, 3.63) is 29.8 Å². The molecule has 1 aromatic rings. The third kappa shape index (κ3) is 4.86. The second-order valence-corrected chi connectivity index (χ2v) is 5.82. The van der Waals surface area contributed by atoms with Gasteiger partial charge in [0.15, 0.2) is 0 Å². The second kappa shape index (κ2) is 7.78. The Morgan fingerprint density at radius 2 is 2.10 bits per heavy atom. The molecule has 1 aromatic carbocycles. The first-order chi connectivity index (χ1) is 9.92. The number of benzene rings is 1. The zero-order valence-corrected chi connectivity index (χ0v) is 12.6. The molecule has 0 aromatic heterocycles. The molecule has 0 heterocycles. The van der Waals surface area contributed by atoms with Crippen LogP contribution >= 0.6 is 0 Å². The molecule has 1 rings (SSSR count). The zero-order valence-electron chi connectivity index (χ0n) is 11.8. The van der Waals surface area contributed by atoms with Crippen LogP contribution in [0.25, 0.3) is 0 Å². The molecular formula is C14H17NO5S. The lowest BCUT2D eigenvalue weighted by Gasteiger charge is -2.13. The van der Waals surface area contributed by atoms with Crippen molar-refractivity contribution in [2.75, 3.05) is 13.7 Å². The maximum atomic E-state index is 12.3. The highest BCUT2D eigenvalue weighted by Gasteiger charge is 2.24. The minimum atomic E-state index is -3.90. The van der Waals surface area contributed by atoms with Gasteiger partial charge in [-0.25, -0.2) is 8.42 Å². The number of hydrogen-bond donors (Lipinski definition) is 2. The van der Waals surface area contributed by atoms with E-state index in [1.54, 1.807) is 18.2 Å². The summed E-state index contributed by atoms with van der Waals surface area (Å²) < 4.78 is 31.3. The second-order valence-electron chi connectivity index (χ2n) is 4.14. The molecule has 0 radical (unpaired) electrons. The summed E-state index contributed by atoms with van der Waals surface area (Å²) in [7, 11) is -2.72. The molecule has 1 unspecified atom stereocenters. The molecule has 0 aliphatic rings. The quantitative estimate of drug-likeness (QED) is 0.601. The molecule has 21 heavy (non-hydrogen) atoms. The van der Waals surface area contributed by atoms with Gasteiger partial charge in [-0.3, -0.25) is 4.79 Å². The van der Waals surface area contributed by atoms with Crippen molar-refractivity contribution in [3.8, 4) is 11.8 Å². The van der Waals surface area contributed by atoms with Gasteiger partial charge in [-0.2, -0.15) is 4.72 Å². The lowest BCUT2D eigenvalue weighted by molar-refractivity contribution is -0.142. The van der Waals surface area contributed by atoms with Crippen molar-refractivity contribution < 1.29 is 23.1 Å². The number of carbonyl (C=O) groups excluding carboxylic acids is 1. The van der Waals surface area contributed by atoms with E-state index >= 15 is 0 Å². The predicted molar refractivity (Wildman–Crippen MR) is 76.8 cm³/mol. The summed E-state index contributed by atoms with van der Waals surface area (Å²) in [6, 6.07) is 5.18. The van der Waals surface area contributed by atoms with Crippen LogP contribution in [0.1, 0.15) is 18.9 Å². The highest BCUT2D eigenvalue weighted by Crippen LogP contribution is 2.15. The van der Waals surface area contributed by atoms with Crippen molar-refractivity contribution >= 4 is 16.0 Å². The van der Waals surface area contributed by atoms with Crippen LogP contribution in [0.2, 0.25) is 0 Å². The van der Waals surface area contributed by atoms with Crippen LogP contribution in [0.3, 0.4) is 0 Å². The normalized spacial score (nSPS) is 12.1. The number of aliphatic hydroxyl groups excluding tert-OH is 1. The lowest BCUT2D eigenvalue weighted by atomic mass is 10.2. The summed E-state index contributed by atoms with van der Waals surface area (Å²) in [6.45, 7) is 1.29. The molecule has 0 bridgehead atoms. The van der Waals surface area contributed by atoms with Gasteiger partial charge in [0, 0.05) is 12.0 Å². The lowest BCUT2D eigenvalue weighted by Crippen LogP contribution is -2.39. The highest BCUT2D eigenvalue weighted by atomic mass is 32.2. The van der Waals surface area contributed by atoms with Crippen molar-refractivity contribution in [1.29, 1.82) is 0 Å². The number of rotatable bonds is 5. The minimum absolute atomic E-state index is 0.0220. The Balaban J connectivity index is 3.09. The van der Waals surface area contributed by atoms with Crippen molar-refractivity contribution in [3.63, 3.8) is 0 Å². The van der Waals surface area contributed by atoms with E-state index in [9.17, 15) is 13.2 Å². The van der Waals surface area contributed by atoms with Crippen molar-refractivity contribution in [1.82, 2.24) is 4.72 Å². The molecular weight excluding hydrogens is 294 g/mol. The third-order valence-corrected chi connectivity index (χ3v) is 4.12. The Labute approximate surface area is 124 Å². The summed E-state index contributed by atoms with van der Waals surface area (Å²) >= 11 is 0. The zero-order chi connectivity index (χ0) is 15.9. The molecule has 0 saturated carbocycles. The first-order valence-electron chi connectivity index (χ1n) is 6.21. The average Bonchev–Trinajstić information content (AvgIpc) is 2.46. The molecule has 0 spiro atoms. The fourth-order valence-corrected chi connectivity index (χ4v) is 2.89. The SMILES string of the molecule is COC(=O)C(C)NS(=O)(=O)c1ccccc1C#CCCO. The summed E-state index contributed by atoms with van der Waals surface area (Å²) in [5.74, 6) is 4.68. The molecule has 7 heteroatoms. The van der Waals surface area contributed by atoms with E-state index in [4.69, 9.17) is 5.11 Å². The molecule has 0 aliphatic heterocycles. The number of ether oxygens (including phenoxy) is 1. The van der Waals surface area contributed by atoms with Crippen LogP contribution < -0.4 is 4.72 Å². The average molecular weight is 311 g/mol. The van der Waals surface area contributed by atoms with Crippen LogP contribution in [0.15, 0.2) is 29.2 Å². The number of hydrogen-bond acceptors (Lipinski definition) is 5. The maximum Gasteiger partial charge on any atom is 0.323 e. The van der Waals surface area contributed by atoms with Crippen molar-refractivity contribution in [2.24, 2.45) is 0 Å². The Morgan fingerprint density at radius 3 is 2.71 bits per heavy atom. The number of sulfonamides is 1. The van der Waals surface area contributed by atoms with Gasteiger partial charge in [0.1, 0.15) is 6.04 Å². The topological polar surface area (TPSA) is 92.7 Å². The highest BCUT2D eigenvalue weighted by molar-refractivity contribution is 7.89. The third-order valence-electron chi connectivity index (χ3n) is 2.52. The van der Waals surface area contributed by atoms with E-state index in [1.165, 1.54) is 20.1 Å². The van der Waals surface area contributed by atoms with Gasteiger partial charge in [0.05, 0.1) is 18.6 Å². The van der Waals surface area contributed by atoms with Gasteiger partial charge < -0.3 is 9.84 Å². The summed E-state index contributed by atoms with van der Waals surface area (Å²) in [4.78, 5) is 11.3. The fourth-order valence-electron chi connectivity index (χ4n) is 1.54. The van der Waals surface area contributed by atoms with Crippen LogP contribution in [-0.2, 0) is 19.6 Å². The Bertz CT molecular complexity index is 657. The van der Waals surface area contributed by atoms with Crippen LogP contribution in [-0.4, -0.2) is 39.3 Å². The van der Waals surface area contributed by atoms with Crippen molar-refractivity contribution in [2.45, 2.75) is 24.3 Å². The number of methoxy groups -OCH3 is 1. The predicted octanol–water partition coefficient (Wildman–Crippen LogP) is 0.260. The number of esters is 1. The van der Waals surface area contributed by atoms with Gasteiger partial charge in [0.25, 0.3) is 0 Å². The Kier molecular flexibility index (Phi) is 6.37. The number of nitrogens with one attached hydrogen (secondary N) is 1. The van der Waals surface area contributed by atoms with Gasteiger partial charge in [-0.05, 0) is 19.1 Å². The molecule has 0 aliphatic carbocycles. The molecule has 114 valence electrons. The first kappa shape index (κ1) is 17.2. The van der Waals surface area contributed by atoms with Crippen LogP contribution in [0, 0.1) is 11.8 Å². The van der Waals surface area contributed by atoms with Gasteiger partial charge >= 0.3 is 5.97 Å². The largest absolute Gasteiger partial charge is 0.468 e. The number of aliphatic hydroxyl groups is 1. The van der Waals surface area contributed by atoms with Gasteiger partial charge in [0.2, 0.25) is 10.0 Å². The van der Waals surface area contributed by atoms with Crippen LogP contribution in [0.4, 0.5) is 0 Å². The van der Waals surface area contributed by atoms with E-state index in [-0.39, 0.29) is 17.9 Å². The van der Waals surface area contributed by atoms with E-state index in [2.05, 4.69) is 21.3 Å². The molecule has 0 fully saturated rings. The minimum Gasteiger partial charge on any atom is -0.468 e. The smallest absolute Gasteiger partial charge is 0.323 e. The summed E-state index contributed by atoms with van der Waals surface area (Å²) in [5, 5.41) is 8.70. The Hall–Kier alpha value is -1.88. The van der Waals surface area contributed by atoms with Gasteiger partial charge in [-0.1, -0.05) is 24.0 Å².